The molecule has 1 aromatic heterocycles. The Hall–Kier alpha value is -1.27. The van der Waals surface area contributed by atoms with E-state index in [1.54, 1.807) is 6.26 Å². The third kappa shape index (κ3) is 2.77. The van der Waals surface area contributed by atoms with Gasteiger partial charge in [0, 0.05) is 0 Å². The van der Waals surface area contributed by atoms with Gasteiger partial charge < -0.3 is 9.15 Å². The molecular formula is C9H11NO2. The van der Waals surface area contributed by atoms with Crippen molar-refractivity contribution in [2.45, 2.75) is 26.1 Å². The Bertz CT molecular complexity index is 248. The van der Waals surface area contributed by atoms with Gasteiger partial charge in [-0.15, -0.1) is 0 Å². The summed E-state index contributed by atoms with van der Waals surface area (Å²) in [4.78, 5) is 0. The summed E-state index contributed by atoms with van der Waals surface area (Å²) < 4.78 is 10.4. The van der Waals surface area contributed by atoms with Gasteiger partial charge in [0.2, 0.25) is 0 Å². The molecule has 0 amide bonds. The third-order valence-corrected chi connectivity index (χ3v) is 1.47. The second-order valence-corrected chi connectivity index (χ2v) is 2.56. The molecule has 1 atom stereocenters. The number of hydrogen-bond acceptors (Lipinski definition) is 3. The quantitative estimate of drug-likeness (QED) is 0.686. The van der Waals surface area contributed by atoms with E-state index in [-0.39, 0.29) is 6.10 Å². The monoisotopic (exact) mass is 165 g/mol. The van der Waals surface area contributed by atoms with Crippen LogP contribution in [0, 0.1) is 11.3 Å². The molecule has 1 unspecified atom stereocenters. The third-order valence-electron chi connectivity index (χ3n) is 1.47. The first kappa shape index (κ1) is 8.82. The van der Waals surface area contributed by atoms with Crippen LogP contribution in [0.5, 0.6) is 0 Å². The number of hydrogen-bond donors (Lipinski definition) is 0. The van der Waals surface area contributed by atoms with Crippen LogP contribution < -0.4 is 0 Å². The van der Waals surface area contributed by atoms with Crippen LogP contribution in [0.1, 0.15) is 19.1 Å². The predicted molar refractivity (Wildman–Crippen MR) is 43.2 cm³/mol. The molecule has 0 N–H and O–H groups in total. The highest BCUT2D eigenvalue weighted by Gasteiger charge is 2.02. The van der Waals surface area contributed by atoms with Gasteiger partial charge in [-0.05, 0) is 19.1 Å². The van der Waals surface area contributed by atoms with Crippen LogP contribution in [0.25, 0.3) is 0 Å². The first-order valence-corrected chi connectivity index (χ1v) is 3.84. The molecular weight excluding hydrogens is 154 g/mol. The van der Waals surface area contributed by atoms with Crippen molar-refractivity contribution in [2.24, 2.45) is 0 Å². The maximum atomic E-state index is 8.34. The van der Waals surface area contributed by atoms with Crippen LogP contribution in [-0.2, 0) is 11.3 Å². The van der Waals surface area contributed by atoms with Crippen LogP contribution in [0.4, 0.5) is 0 Å². The molecule has 0 radical (unpaired) electrons. The Kier molecular flexibility index (Phi) is 3.36. The predicted octanol–water partition coefficient (Wildman–Crippen LogP) is 2.10. The molecule has 64 valence electrons. The van der Waals surface area contributed by atoms with Crippen molar-refractivity contribution in [3.05, 3.63) is 24.2 Å². The fourth-order valence-corrected chi connectivity index (χ4v) is 0.807. The standard InChI is InChI=1S/C9H11NO2/c1-8(4-5-10)12-7-9-3-2-6-11-9/h2-3,6,8H,4,7H2,1H3. The summed E-state index contributed by atoms with van der Waals surface area (Å²) in [5.41, 5.74) is 0. The molecule has 0 aliphatic carbocycles. The Balaban J connectivity index is 2.23. The van der Waals surface area contributed by atoms with Crippen LogP contribution in [-0.4, -0.2) is 6.10 Å². The summed E-state index contributed by atoms with van der Waals surface area (Å²) in [6.07, 6.45) is 1.99. The lowest BCUT2D eigenvalue weighted by molar-refractivity contribution is 0.0458. The lowest BCUT2D eigenvalue weighted by Crippen LogP contribution is -2.06. The van der Waals surface area contributed by atoms with E-state index in [2.05, 4.69) is 0 Å². The number of nitriles is 1. The minimum absolute atomic E-state index is 0.0277. The van der Waals surface area contributed by atoms with Gasteiger partial charge >= 0.3 is 0 Å². The first-order chi connectivity index (χ1) is 5.83. The van der Waals surface area contributed by atoms with Gasteiger partial charge in [-0.25, -0.2) is 0 Å². The summed E-state index contributed by atoms with van der Waals surface area (Å²) in [6, 6.07) is 5.70. The SMILES string of the molecule is CC(CC#N)OCc1ccco1. The zero-order chi connectivity index (χ0) is 8.81. The Morgan fingerprint density at radius 3 is 3.17 bits per heavy atom. The first-order valence-electron chi connectivity index (χ1n) is 3.84. The zero-order valence-corrected chi connectivity index (χ0v) is 6.99. The van der Waals surface area contributed by atoms with Gasteiger partial charge in [0.15, 0.2) is 0 Å². The molecule has 1 heterocycles. The van der Waals surface area contributed by atoms with E-state index in [1.807, 2.05) is 25.1 Å². The van der Waals surface area contributed by atoms with E-state index >= 15 is 0 Å². The molecule has 0 aromatic carbocycles. The summed E-state index contributed by atoms with van der Waals surface area (Å²) in [5, 5.41) is 8.34. The highest BCUT2D eigenvalue weighted by atomic mass is 16.5. The topological polar surface area (TPSA) is 46.2 Å². The van der Waals surface area contributed by atoms with Gasteiger partial charge in [0.05, 0.1) is 24.9 Å². The molecule has 0 aliphatic heterocycles. The maximum absolute atomic E-state index is 8.34. The van der Waals surface area contributed by atoms with Gasteiger partial charge in [0.25, 0.3) is 0 Å². The highest BCUT2D eigenvalue weighted by molar-refractivity contribution is 4.96. The van der Waals surface area contributed by atoms with Gasteiger partial charge in [0.1, 0.15) is 12.4 Å². The maximum Gasteiger partial charge on any atom is 0.129 e. The fourth-order valence-electron chi connectivity index (χ4n) is 0.807. The van der Waals surface area contributed by atoms with E-state index < -0.39 is 0 Å². The highest BCUT2D eigenvalue weighted by Crippen LogP contribution is 2.05. The van der Waals surface area contributed by atoms with Crippen LogP contribution in [0.2, 0.25) is 0 Å². The van der Waals surface area contributed by atoms with Crippen LogP contribution >= 0.6 is 0 Å². The van der Waals surface area contributed by atoms with Gasteiger partial charge in [-0.3, -0.25) is 0 Å². The van der Waals surface area contributed by atoms with Crippen molar-refractivity contribution >= 4 is 0 Å². The molecule has 0 saturated carbocycles. The average molecular weight is 165 g/mol. The van der Waals surface area contributed by atoms with E-state index in [4.69, 9.17) is 14.4 Å². The van der Waals surface area contributed by atoms with Crippen molar-refractivity contribution in [2.75, 3.05) is 0 Å². The lowest BCUT2D eigenvalue weighted by Gasteiger charge is -2.06. The normalized spacial score (nSPS) is 12.3. The summed E-state index contributed by atoms with van der Waals surface area (Å²) >= 11 is 0. The smallest absolute Gasteiger partial charge is 0.129 e. The summed E-state index contributed by atoms with van der Waals surface area (Å²) in [6.45, 7) is 2.31. The Morgan fingerprint density at radius 1 is 1.75 bits per heavy atom. The van der Waals surface area contributed by atoms with E-state index in [1.165, 1.54) is 0 Å². The van der Waals surface area contributed by atoms with E-state index in [0.717, 1.165) is 5.76 Å². The van der Waals surface area contributed by atoms with Crippen molar-refractivity contribution in [3.63, 3.8) is 0 Å². The molecule has 0 aliphatic rings. The molecule has 3 nitrogen and oxygen atoms in total. The minimum Gasteiger partial charge on any atom is -0.467 e. The van der Waals surface area contributed by atoms with Crippen molar-refractivity contribution < 1.29 is 9.15 Å². The molecule has 0 spiro atoms. The zero-order valence-electron chi connectivity index (χ0n) is 6.99. The van der Waals surface area contributed by atoms with E-state index in [9.17, 15) is 0 Å². The number of furan rings is 1. The Labute approximate surface area is 71.6 Å². The van der Waals surface area contributed by atoms with E-state index in [0.29, 0.717) is 13.0 Å². The lowest BCUT2D eigenvalue weighted by atomic mass is 10.3. The van der Waals surface area contributed by atoms with Crippen LogP contribution in [0.3, 0.4) is 0 Å². The molecule has 0 saturated heterocycles. The molecule has 1 rings (SSSR count). The molecule has 0 bridgehead atoms. The largest absolute Gasteiger partial charge is 0.467 e. The Morgan fingerprint density at radius 2 is 2.58 bits per heavy atom. The number of ether oxygens (including phenoxy) is 1. The van der Waals surface area contributed by atoms with Crippen molar-refractivity contribution in [1.29, 1.82) is 5.26 Å². The van der Waals surface area contributed by atoms with Crippen molar-refractivity contribution in [1.82, 2.24) is 0 Å². The molecule has 3 heteroatoms. The second kappa shape index (κ2) is 4.58. The number of rotatable bonds is 4. The fraction of sp³-hybridized carbons (Fsp3) is 0.444. The summed E-state index contributed by atoms with van der Waals surface area (Å²) in [7, 11) is 0. The minimum atomic E-state index is -0.0277. The average Bonchev–Trinajstić information content (AvgIpc) is 2.53. The summed E-state index contributed by atoms with van der Waals surface area (Å²) in [5.74, 6) is 0.791. The molecule has 0 fully saturated rings. The van der Waals surface area contributed by atoms with Crippen LogP contribution in [0.15, 0.2) is 22.8 Å². The van der Waals surface area contributed by atoms with Gasteiger partial charge in [-0.1, -0.05) is 0 Å². The molecule has 1 aromatic rings. The number of nitrogens with zero attached hydrogens (tertiary/aromatic N) is 1. The van der Waals surface area contributed by atoms with Crippen molar-refractivity contribution in [3.8, 4) is 6.07 Å². The molecule has 12 heavy (non-hydrogen) atoms. The second-order valence-electron chi connectivity index (χ2n) is 2.56. The van der Waals surface area contributed by atoms with Gasteiger partial charge in [-0.2, -0.15) is 5.26 Å².